The molecule has 1 fully saturated rings. The molecule has 2 heteroatoms. The summed E-state index contributed by atoms with van der Waals surface area (Å²) < 4.78 is 4.78. The van der Waals surface area contributed by atoms with Crippen LogP contribution in [0.5, 0.6) is 0 Å². The smallest absolute Gasteiger partial charge is 0.333 e. The summed E-state index contributed by atoms with van der Waals surface area (Å²) in [6.45, 7) is 10.5. The lowest BCUT2D eigenvalue weighted by molar-refractivity contribution is -0.138. The van der Waals surface area contributed by atoms with Gasteiger partial charge in [0.25, 0.3) is 0 Å². The van der Waals surface area contributed by atoms with Crippen LogP contribution in [-0.2, 0) is 9.53 Å². The molecule has 0 aliphatic heterocycles. The molecule has 15 heavy (non-hydrogen) atoms. The summed E-state index contributed by atoms with van der Waals surface area (Å²) >= 11 is 0. The van der Waals surface area contributed by atoms with Crippen molar-refractivity contribution in [2.45, 2.75) is 40.0 Å². The molecule has 2 nitrogen and oxygen atoms in total. The second-order valence-electron chi connectivity index (χ2n) is 5.18. The van der Waals surface area contributed by atoms with E-state index >= 15 is 0 Å². The van der Waals surface area contributed by atoms with Crippen molar-refractivity contribution < 1.29 is 9.53 Å². The molecule has 0 aromatic carbocycles. The number of rotatable bonds is 2. The lowest BCUT2D eigenvalue weighted by Gasteiger charge is -2.43. The van der Waals surface area contributed by atoms with Crippen LogP contribution in [0.1, 0.15) is 40.0 Å². The van der Waals surface area contributed by atoms with E-state index in [0.29, 0.717) is 17.4 Å². The Morgan fingerprint density at radius 2 is 2.00 bits per heavy atom. The lowest BCUT2D eigenvalue weighted by atomic mass is 9.62. The summed E-state index contributed by atoms with van der Waals surface area (Å²) in [5.41, 5.74) is 0.564. The van der Waals surface area contributed by atoms with Gasteiger partial charge in [0, 0.05) is 11.0 Å². The molecule has 0 aromatic rings. The Labute approximate surface area is 92.7 Å². The lowest BCUT2D eigenvalue weighted by Crippen LogP contribution is -2.36. The molecule has 0 amide bonds. The molecule has 1 rings (SSSR count). The van der Waals surface area contributed by atoms with Crippen molar-refractivity contribution >= 4 is 5.97 Å². The van der Waals surface area contributed by atoms with E-state index in [4.69, 9.17) is 4.74 Å². The molecule has 0 spiro atoms. The van der Waals surface area contributed by atoms with Gasteiger partial charge in [0.05, 0.1) is 7.11 Å². The number of hydrogen-bond acceptors (Lipinski definition) is 2. The third-order valence-electron chi connectivity index (χ3n) is 4.07. The van der Waals surface area contributed by atoms with Crippen LogP contribution in [0.4, 0.5) is 0 Å². The van der Waals surface area contributed by atoms with Gasteiger partial charge in [-0.25, -0.2) is 4.79 Å². The Kier molecular flexibility index (Phi) is 3.58. The maximum absolute atomic E-state index is 11.5. The number of esters is 1. The molecule has 86 valence electrons. The maximum Gasteiger partial charge on any atom is 0.333 e. The van der Waals surface area contributed by atoms with Gasteiger partial charge in [0.15, 0.2) is 0 Å². The second-order valence-corrected chi connectivity index (χ2v) is 5.18. The van der Waals surface area contributed by atoms with Crippen LogP contribution in [0.2, 0.25) is 0 Å². The van der Waals surface area contributed by atoms with Crippen LogP contribution in [0.15, 0.2) is 12.2 Å². The molecular weight excluding hydrogens is 188 g/mol. The van der Waals surface area contributed by atoms with Crippen molar-refractivity contribution in [1.29, 1.82) is 0 Å². The SMILES string of the molecule is C=C(C(=O)OC)C1(C)CC(C)CCC1C. The summed E-state index contributed by atoms with van der Waals surface area (Å²) in [6, 6.07) is 0. The predicted octanol–water partition coefficient (Wildman–Crippen LogP) is 3.18. The highest BCUT2D eigenvalue weighted by molar-refractivity contribution is 5.89. The zero-order valence-electron chi connectivity index (χ0n) is 10.3. The van der Waals surface area contributed by atoms with Gasteiger partial charge in [-0.15, -0.1) is 0 Å². The third-order valence-corrected chi connectivity index (χ3v) is 4.07. The van der Waals surface area contributed by atoms with Crippen molar-refractivity contribution in [1.82, 2.24) is 0 Å². The van der Waals surface area contributed by atoms with E-state index in [0.717, 1.165) is 6.42 Å². The Balaban J connectivity index is 2.87. The minimum atomic E-state index is -0.251. The fraction of sp³-hybridized carbons (Fsp3) is 0.769. The van der Waals surface area contributed by atoms with Crippen molar-refractivity contribution in [3.63, 3.8) is 0 Å². The molecule has 0 heterocycles. The first kappa shape index (κ1) is 12.3. The van der Waals surface area contributed by atoms with Gasteiger partial charge in [-0.3, -0.25) is 0 Å². The van der Waals surface area contributed by atoms with Crippen LogP contribution in [0, 0.1) is 17.3 Å². The highest BCUT2D eigenvalue weighted by Crippen LogP contribution is 2.47. The number of carbonyl (C=O) groups is 1. The molecule has 3 unspecified atom stereocenters. The highest BCUT2D eigenvalue weighted by Gasteiger charge is 2.41. The van der Waals surface area contributed by atoms with Crippen LogP contribution in [-0.4, -0.2) is 13.1 Å². The van der Waals surface area contributed by atoms with E-state index in [1.807, 2.05) is 0 Å². The Hall–Kier alpha value is -0.790. The average Bonchev–Trinajstić information content (AvgIpc) is 2.21. The Bertz CT molecular complexity index is 270. The molecule has 0 radical (unpaired) electrons. The summed E-state index contributed by atoms with van der Waals surface area (Å²) in [5.74, 6) is 0.936. The quantitative estimate of drug-likeness (QED) is 0.517. The molecule has 1 aliphatic carbocycles. The van der Waals surface area contributed by atoms with Gasteiger partial charge in [0.2, 0.25) is 0 Å². The first-order valence-electron chi connectivity index (χ1n) is 5.69. The van der Waals surface area contributed by atoms with Gasteiger partial charge in [-0.2, -0.15) is 0 Å². The maximum atomic E-state index is 11.5. The van der Waals surface area contributed by atoms with Crippen LogP contribution >= 0.6 is 0 Å². The van der Waals surface area contributed by atoms with Crippen LogP contribution in [0.25, 0.3) is 0 Å². The number of ether oxygens (including phenoxy) is 1. The topological polar surface area (TPSA) is 26.3 Å². The summed E-state index contributed by atoms with van der Waals surface area (Å²) in [6.07, 6.45) is 3.47. The fourth-order valence-electron chi connectivity index (χ4n) is 2.66. The molecule has 0 saturated heterocycles. The van der Waals surface area contributed by atoms with Crippen molar-refractivity contribution in [2.24, 2.45) is 17.3 Å². The highest BCUT2D eigenvalue weighted by atomic mass is 16.5. The van der Waals surface area contributed by atoms with Gasteiger partial charge in [-0.05, 0) is 24.7 Å². The summed E-state index contributed by atoms with van der Waals surface area (Å²) in [5, 5.41) is 0. The molecule has 0 aromatic heterocycles. The van der Waals surface area contributed by atoms with Crippen LogP contribution in [0.3, 0.4) is 0 Å². The zero-order chi connectivity index (χ0) is 11.6. The average molecular weight is 210 g/mol. The van der Waals surface area contributed by atoms with Gasteiger partial charge in [-0.1, -0.05) is 33.8 Å². The van der Waals surface area contributed by atoms with E-state index in [9.17, 15) is 4.79 Å². The number of carbonyl (C=O) groups excluding carboxylic acids is 1. The molecule has 0 N–H and O–H groups in total. The third kappa shape index (κ3) is 2.24. The predicted molar refractivity (Wildman–Crippen MR) is 61.4 cm³/mol. The monoisotopic (exact) mass is 210 g/mol. The normalized spacial score (nSPS) is 36.0. The summed E-state index contributed by atoms with van der Waals surface area (Å²) in [7, 11) is 1.42. The minimum Gasteiger partial charge on any atom is -0.466 e. The number of methoxy groups -OCH3 is 1. The molecule has 0 bridgehead atoms. The van der Waals surface area contributed by atoms with Crippen molar-refractivity contribution in [3.05, 3.63) is 12.2 Å². The summed E-state index contributed by atoms with van der Waals surface area (Å²) in [4.78, 5) is 11.5. The van der Waals surface area contributed by atoms with Crippen molar-refractivity contribution in [3.8, 4) is 0 Å². The first-order valence-corrected chi connectivity index (χ1v) is 5.69. The van der Waals surface area contributed by atoms with E-state index in [1.165, 1.54) is 20.0 Å². The first-order chi connectivity index (χ1) is 6.91. The molecule has 1 saturated carbocycles. The van der Waals surface area contributed by atoms with E-state index in [1.54, 1.807) is 0 Å². The standard InChI is InChI=1S/C13H22O2/c1-9-6-7-10(2)13(4,8-9)11(3)12(14)15-5/h9-10H,3,6-8H2,1-2,4-5H3. The minimum absolute atomic E-state index is 0.0786. The molecule has 3 atom stereocenters. The Morgan fingerprint density at radius 1 is 1.40 bits per heavy atom. The van der Waals surface area contributed by atoms with Crippen LogP contribution < -0.4 is 0 Å². The molecular formula is C13H22O2. The van der Waals surface area contributed by atoms with Gasteiger partial charge in [0.1, 0.15) is 0 Å². The molecule has 1 aliphatic rings. The van der Waals surface area contributed by atoms with Gasteiger partial charge < -0.3 is 4.74 Å². The zero-order valence-corrected chi connectivity index (χ0v) is 10.3. The van der Waals surface area contributed by atoms with Crippen molar-refractivity contribution in [2.75, 3.05) is 7.11 Å². The second kappa shape index (κ2) is 4.38. The fourth-order valence-corrected chi connectivity index (χ4v) is 2.66. The Morgan fingerprint density at radius 3 is 2.53 bits per heavy atom. The van der Waals surface area contributed by atoms with Gasteiger partial charge >= 0.3 is 5.97 Å². The van der Waals surface area contributed by atoms with E-state index < -0.39 is 0 Å². The van der Waals surface area contributed by atoms with E-state index in [-0.39, 0.29) is 11.4 Å². The van der Waals surface area contributed by atoms with E-state index in [2.05, 4.69) is 27.4 Å². The number of hydrogen-bond donors (Lipinski definition) is 0. The largest absolute Gasteiger partial charge is 0.466 e.